The first-order valence-electron chi connectivity index (χ1n) is 12.2. The Balaban J connectivity index is 1.43. The smallest absolute Gasteiger partial charge is 0.352 e. The fourth-order valence-corrected chi connectivity index (χ4v) is 4.75. The number of carbonyl (C=O) groups excluding carboxylic acids is 1. The average molecular weight is 579 g/mol. The SMILES string of the molecule is CCCc1nc(N2CCN(C(=O)Nc3cccc(Cl)c3Cl)CC2)c2c(-c3cccc(C(F)(F)F)c3)noc2n1. The molecule has 0 radical (unpaired) electrons. The molecule has 0 unspecified atom stereocenters. The summed E-state index contributed by atoms with van der Waals surface area (Å²) in [5.41, 5.74) is 0.291. The second-order valence-corrected chi connectivity index (χ2v) is 9.79. The van der Waals surface area contributed by atoms with Gasteiger partial charge in [0.2, 0.25) is 0 Å². The van der Waals surface area contributed by atoms with Crippen LogP contribution in [0.25, 0.3) is 22.4 Å². The number of aryl methyl sites for hydroxylation is 1. The molecule has 1 aliphatic heterocycles. The van der Waals surface area contributed by atoms with Crippen molar-refractivity contribution in [1.82, 2.24) is 20.0 Å². The molecular weight excluding hydrogens is 556 g/mol. The lowest BCUT2D eigenvalue weighted by atomic mass is 10.1. The zero-order valence-corrected chi connectivity index (χ0v) is 22.2. The van der Waals surface area contributed by atoms with Gasteiger partial charge in [0, 0.05) is 38.2 Å². The Kier molecular flexibility index (Phi) is 7.55. The summed E-state index contributed by atoms with van der Waals surface area (Å²) in [6.45, 7) is 3.56. The second-order valence-electron chi connectivity index (χ2n) is 9.01. The standard InChI is InChI=1S/C26H23Cl2F3N6O2/c1-2-5-19-33-23(20-22(35-39-24(20)34-19)15-6-3-7-16(14-15)26(29,30)31)36-10-12-37(13-11-36)25(38)32-18-9-4-8-17(27)21(18)28/h3-4,6-9,14H,2,5,10-13H2,1H3,(H,32,38). The van der Waals surface area contributed by atoms with Crippen molar-refractivity contribution in [2.24, 2.45) is 0 Å². The van der Waals surface area contributed by atoms with E-state index in [4.69, 9.17) is 32.7 Å². The van der Waals surface area contributed by atoms with Gasteiger partial charge in [0.05, 0.1) is 21.3 Å². The number of carbonyl (C=O) groups is 1. The van der Waals surface area contributed by atoms with Crippen LogP contribution < -0.4 is 10.2 Å². The molecule has 0 atom stereocenters. The van der Waals surface area contributed by atoms with Gasteiger partial charge in [-0.2, -0.15) is 18.2 Å². The molecule has 2 aromatic heterocycles. The van der Waals surface area contributed by atoms with E-state index in [-0.39, 0.29) is 28.0 Å². The van der Waals surface area contributed by atoms with E-state index in [0.717, 1.165) is 18.6 Å². The first-order valence-corrected chi connectivity index (χ1v) is 13.0. The van der Waals surface area contributed by atoms with Crippen molar-refractivity contribution < 1.29 is 22.5 Å². The van der Waals surface area contributed by atoms with Gasteiger partial charge in [0.25, 0.3) is 5.71 Å². The van der Waals surface area contributed by atoms with Crippen LogP contribution in [0.2, 0.25) is 10.0 Å². The molecule has 1 fully saturated rings. The van der Waals surface area contributed by atoms with Crippen molar-refractivity contribution in [3.05, 3.63) is 63.9 Å². The topological polar surface area (TPSA) is 87.4 Å². The average Bonchev–Trinajstić information content (AvgIpc) is 3.35. The fraction of sp³-hybridized carbons (Fsp3) is 0.308. The monoisotopic (exact) mass is 578 g/mol. The molecule has 39 heavy (non-hydrogen) atoms. The summed E-state index contributed by atoms with van der Waals surface area (Å²) in [7, 11) is 0. The van der Waals surface area contributed by atoms with Gasteiger partial charge in [-0.15, -0.1) is 0 Å². The van der Waals surface area contributed by atoms with Crippen LogP contribution in [0.3, 0.4) is 0 Å². The van der Waals surface area contributed by atoms with Gasteiger partial charge in [-0.3, -0.25) is 0 Å². The van der Waals surface area contributed by atoms with Crippen LogP contribution in [0.5, 0.6) is 0 Å². The number of alkyl halides is 3. The maximum absolute atomic E-state index is 13.4. The van der Waals surface area contributed by atoms with Gasteiger partial charge < -0.3 is 19.6 Å². The summed E-state index contributed by atoms with van der Waals surface area (Å²) in [5, 5.41) is 7.88. The number of rotatable bonds is 5. The van der Waals surface area contributed by atoms with E-state index in [1.807, 2.05) is 11.8 Å². The Labute approximate surface area is 231 Å². The third-order valence-corrected chi connectivity index (χ3v) is 7.18. The number of urea groups is 1. The summed E-state index contributed by atoms with van der Waals surface area (Å²) in [6, 6.07) is 9.56. The Bertz CT molecular complexity index is 1520. The highest BCUT2D eigenvalue weighted by molar-refractivity contribution is 6.43. The van der Waals surface area contributed by atoms with E-state index in [1.54, 1.807) is 29.2 Å². The van der Waals surface area contributed by atoms with Gasteiger partial charge in [-0.25, -0.2) is 9.78 Å². The number of aromatic nitrogens is 3. The first-order chi connectivity index (χ1) is 18.7. The minimum atomic E-state index is -4.50. The maximum Gasteiger partial charge on any atom is 0.416 e. The molecule has 0 spiro atoms. The van der Waals surface area contributed by atoms with E-state index in [0.29, 0.717) is 60.3 Å². The summed E-state index contributed by atoms with van der Waals surface area (Å²) in [5.74, 6) is 1.05. The normalized spacial score (nSPS) is 14.2. The number of hydrogen-bond acceptors (Lipinski definition) is 6. The highest BCUT2D eigenvalue weighted by atomic mass is 35.5. The van der Waals surface area contributed by atoms with Crippen LogP contribution >= 0.6 is 23.2 Å². The number of fused-ring (bicyclic) bond motifs is 1. The molecule has 2 aromatic carbocycles. The lowest BCUT2D eigenvalue weighted by molar-refractivity contribution is -0.137. The summed E-state index contributed by atoms with van der Waals surface area (Å²) in [4.78, 5) is 25.7. The van der Waals surface area contributed by atoms with Crippen LogP contribution in [-0.2, 0) is 12.6 Å². The lowest BCUT2D eigenvalue weighted by Gasteiger charge is -2.35. The van der Waals surface area contributed by atoms with Gasteiger partial charge in [-0.1, -0.05) is 53.5 Å². The molecule has 1 N–H and O–H groups in total. The van der Waals surface area contributed by atoms with Crippen molar-refractivity contribution in [2.75, 3.05) is 36.4 Å². The number of benzene rings is 2. The molecule has 5 rings (SSSR count). The Morgan fingerprint density at radius 2 is 1.82 bits per heavy atom. The van der Waals surface area contributed by atoms with Crippen molar-refractivity contribution in [2.45, 2.75) is 25.9 Å². The number of nitrogens with one attached hydrogen (secondary N) is 1. The molecule has 2 amide bonds. The molecule has 1 aliphatic rings. The molecular formula is C26H23Cl2F3N6O2. The quantitative estimate of drug-likeness (QED) is 0.276. The van der Waals surface area contributed by atoms with Crippen LogP contribution in [0.1, 0.15) is 24.7 Å². The van der Waals surface area contributed by atoms with Crippen molar-refractivity contribution in [3.8, 4) is 11.3 Å². The number of anilines is 2. The molecule has 0 saturated carbocycles. The molecule has 204 valence electrons. The van der Waals surface area contributed by atoms with E-state index < -0.39 is 11.7 Å². The molecule has 0 bridgehead atoms. The Morgan fingerprint density at radius 3 is 2.54 bits per heavy atom. The highest BCUT2D eigenvalue weighted by Crippen LogP contribution is 2.37. The molecule has 4 aromatic rings. The molecule has 13 heteroatoms. The Hall–Kier alpha value is -3.57. The van der Waals surface area contributed by atoms with Crippen LogP contribution in [0.4, 0.5) is 29.5 Å². The fourth-order valence-electron chi connectivity index (χ4n) is 4.40. The lowest BCUT2D eigenvalue weighted by Crippen LogP contribution is -2.50. The molecule has 8 nitrogen and oxygen atoms in total. The van der Waals surface area contributed by atoms with Crippen molar-refractivity contribution in [3.63, 3.8) is 0 Å². The largest absolute Gasteiger partial charge is 0.416 e. The summed E-state index contributed by atoms with van der Waals surface area (Å²) in [6.07, 6.45) is -3.12. The Morgan fingerprint density at radius 1 is 1.08 bits per heavy atom. The maximum atomic E-state index is 13.4. The second kappa shape index (κ2) is 10.9. The predicted octanol–water partition coefficient (Wildman–Crippen LogP) is 6.92. The number of nitrogens with zero attached hydrogens (tertiary/aromatic N) is 5. The van der Waals surface area contributed by atoms with Crippen LogP contribution in [-0.4, -0.2) is 52.2 Å². The van der Waals surface area contributed by atoms with Gasteiger partial charge in [0.1, 0.15) is 22.7 Å². The van der Waals surface area contributed by atoms with Gasteiger partial charge in [-0.05, 0) is 30.7 Å². The number of amides is 2. The summed E-state index contributed by atoms with van der Waals surface area (Å²) >= 11 is 12.2. The molecule has 0 aliphatic carbocycles. The van der Waals surface area contributed by atoms with Crippen LogP contribution in [0.15, 0.2) is 47.0 Å². The zero-order chi connectivity index (χ0) is 27.7. The number of halogens is 5. The van der Waals surface area contributed by atoms with E-state index in [1.165, 1.54) is 6.07 Å². The predicted molar refractivity (Wildman–Crippen MR) is 143 cm³/mol. The van der Waals surface area contributed by atoms with Crippen molar-refractivity contribution in [1.29, 1.82) is 0 Å². The van der Waals surface area contributed by atoms with E-state index >= 15 is 0 Å². The summed E-state index contributed by atoms with van der Waals surface area (Å²) < 4.78 is 45.6. The number of piperazine rings is 1. The van der Waals surface area contributed by atoms with Crippen LogP contribution in [0, 0.1) is 0 Å². The highest BCUT2D eigenvalue weighted by Gasteiger charge is 2.32. The van der Waals surface area contributed by atoms with Gasteiger partial charge in [0.15, 0.2) is 0 Å². The molecule has 1 saturated heterocycles. The van der Waals surface area contributed by atoms with Gasteiger partial charge >= 0.3 is 12.2 Å². The first kappa shape index (κ1) is 27.0. The number of hydrogen-bond donors (Lipinski definition) is 1. The molecule has 3 heterocycles. The minimum Gasteiger partial charge on any atom is -0.352 e. The third kappa shape index (κ3) is 5.60. The van der Waals surface area contributed by atoms with E-state index in [9.17, 15) is 18.0 Å². The van der Waals surface area contributed by atoms with Crippen molar-refractivity contribution >= 4 is 51.8 Å². The van der Waals surface area contributed by atoms with E-state index in [2.05, 4.69) is 15.5 Å². The third-order valence-electron chi connectivity index (χ3n) is 6.36. The minimum absolute atomic E-state index is 0.201. The zero-order valence-electron chi connectivity index (χ0n) is 20.7.